The summed E-state index contributed by atoms with van der Waals surface area (Å²) in [6.45, 7) is 4.29. The number of amides is 1. The Labute approximate surface area is 134 Å². The van der Waals surface area contributed by atoms with Crippen molar-refractivity contribution in [3.8, 4) is 0 Å². The number of carbonyl (C=O) groups excluding carboxylic acids is 1. The van der Waals surface area contributed by atoms with Gasteiger partial charge in [-0.2, -0.15) is 0 Å². The minimum absolute atomic E-state index is 0.288. The first kappa shape index (κ1) is 16.4. The van der Waals surface area contributed by atoms with Crippen LogP contribution in [-0.2, 0) is 4.74 Å². The summed E-state index contributed by atoms with van der Waals surface area (Å²) in [5.74, 6) is -0.448. The number of benzene rings is 1. The van der Waals surface area contributed by atoms with Crippen molar-refractivity contribution in [3.63, 3.8) is 0 Å². The monoisotopic (exact) mass is 326 g/mol. The van der Waals surface area contributed by atoms with Crippen LogP contribution in [0.3, 0.4) is 0 Å². The number of ether oxygens (including phenoxy) is 1. The van der Waals surface area contributed by atoms with Crippen molar-refractivity contribution in [1.82, 2.24) is 4.90 Å². The van der Waals surface area contributed by atoms with Gasteiger partial charge >= 0.3 is 12.1 Å². The zero-order valence-electron chi connectivity index (χ0n) is 12.4. The molecule has 0 unspecified atom stereocenters. The zero-order chi connectivity index (χ0) is 16.1. The Kier molecular flexibility index (Phi) is 5.49. The van der Waals surface area contributed by atoms with Gasteiger partial charge in [-0.05, 0) is 31.5 Å². The lowest BCUT2D eigenvalue weighted by molar-refractivity contribution is 0.0526. The van der Waals surface area contributed by atoms with Crippen LogP contribution < -0.4 is 4.90 Å². The van der Waals surface area contributed by atoms with Crippen LogP contribution in [0.1, 0.15) is 23.7 Å². The number of hydrogen-bond acceptors (Lipinski definition) is 4. The van der Waals surface area contributed by atoms with E-state index >= 15 is 0 Å². The maximum atomic E-state index is 11.9. The van der Waals surface area contributed by atoms with E-state index in [-0.39, 0.29) is 6.61 Å². The summed E-state index contributed by atoms with van der Waals surface area (Å²) in [6, 6.07) is 5.21. The van der Waals surface area contributed by atoms with Gasteiger partial charge in [0.05, 0.1) is 17.2 Å². The second-order valence-corrected chi connectivity index (χ2v) is 5.40. The lowest BCUT2D eigenvalue weighted by Gasteiger charge is -2.23. The molecule has 7 heteroatoms. The van der Waals surface area contributed by atoms with Gasteiger partial charge in [-0.15, -0.1) is 0 Å². The number of rotatable bonds is 3. The Balaban J connectivity index is 2.17. The van der Waals surface area contributed by atoms with E-state index in [1.807, 2.05) is 6.07 Å². The normalized spacial score (nSPS) is 15.4. The number of carboxylic acid groups (broad SMARTS) is 1. The minimum Gasteiger partial charge on any atom is -0.465 e. The zero-order valence-corrected chi connectivity index (χ0v) is 13.2. The van der Waals surface area contributed by atoms with Gasteiger partial charge in [0.2, 0.25) is 0 Å². The molecule has 1 amide bonds. The standard InChI is InChI=1S/C15H19ClN2O4/c1-2-22-14(19)12-10-11(4-5-13(12)16)17-6-3-7-18(9-8-17)15(20)21/h4-5,10H,2-3,6-9H2,1H3,(H,20,21). The summed E-state index contributed by atoms with van der Waals surface area (Å²) in [5, 5.41) is 9.41. The third kappa shape index (κ3) is 3.82. The highest BCUT2D eigenvalue weighted by atomic mass is 35.5. The lowest BCUT2D eigenvalue weighted by Crippen LogP contribution is -2.34. The van der Waals surface area contributed by atoms with E-state index in [9.17, 15) is 9.59 Å². The molecular formula is C15H19ClN2O4. The average molecular weight is 327 g/mol. The molecule has 22 heavy (non-hydrogen) atoms. The van der Waals surface area contributed by atoms with Gasteiger partial charge in [0.15, 0.2) is 0 Å². The molecule has 6 nitrogen and oxygen atoms in total. The predicted octanol–water partition coefficient (Wildman–Crippen LogP) is 2.71. The van der Waals surface area contributed by atoms with Crippen molar-refractivity contribution in [3.05, 3.63) is 28.8 Å². The maximum Gasteiger partial charge on any atom is 0.407 e. The molecule has 2 rings (SSSR count). The van der Waals surface area contributed by atoms with Crippen LogP contribution in [0.15, 0.2) is 18.2 Å². The van der Waals surface area contributed by atoms with E-state index in [1.54, 1.807) is 19.1 Å². The Morgan fingerprint density at radius 1 is 1.27 bits per heavy atom. The number of nitrogens with zero attached hydrogens (tertiary/aromatic N) is 2. The summed E-state index contributed by atoms with van der Waals surface area (Å²) in [5.41, 5.74) is 1.18. The molecule has 0 spiro atoms. The molecule has 1 aliphatic rings. The third-order valence-corrected chi connectivity index (χ3v) is 3.91. The van der Waals surface area contributed by atoms with Gasteiger partial charge in [-0.3, -0.25) is 0 Å². The highest BCUT2D eigenvalue weighted by Gasteiger charge is 2.20. The topological polar surface area (TPSA) is 70.1 Å². The van der Waals surface area contributed by atoms with E-state index in [4.69, 9.17) is 21.4 Å². The van der Waals surface area contributed by atoms with Gasteiger partial charge in [-0.25, -0.2) is 9.59 Å². The second kappa shape index (κ2) is 7.35. The predicted molar refractivity (Wildman–Crippen MR) is 83.8 cm³/mol. The van der Waals surface area contributed by atoms with Crippen molar-refractivity contribution in [2.45, 2.75) is 13.3 Å². The van der Waals surface area contributed by atoms with Crippen LogP contribution >= 0.6 is 11.6 Å². The van der Waals surface area contributed by atoms with Crippen molar-refractivity contribution in [2.24, 2.45) is 0 Å². The average Bonchev–Trinajstić information content (AvgIpc) is 2.74. The lowest BCUT2D eigenvalue weighted by atomic mass is 10.2. The van der Waals surface area contributed by atoms with Gasteiger partial charge in [0.25, 0.3) is 0 Å². The van der Waals surface area contributed by atoms with Gasteiger partial charge < -0.3 is 19.6 Å². The van der Waals surface area contributed by atoms with Gasteiger partial charge in [-0.1, -0.05) is 11.6 Å². The Morgan fingerprint density at radius 2 is 2.05 bits per heavy atom. The van der Waals surface area contributed by atoms with Crippen molar-refractivity contribution < 1.29 is 19.4 Å². The SMILES string of the molecule is CCOC(=O)c1cc(N2CCCN(C(=O)O)CC2)ccc1Cl. The van der Waals surface area contributed by atoms with E-state index in [2.05, 4.69) is 4.90 Å². The first-order valence-corrected chi connectivity index (χ1v) is 7.60. The molecule has 120 valence electrons. The first-order chi connectivity index (χ1) is 10.5. The molecule has 1 aromatic carbocycles. The van der Waals surface area contributed by atoms with Crippen molar-refractivity contribution in [1.29, 1.82) is 0 Å². The number of hydrogen-bond donors (Lipinski definition) is 1. The largest absolute Gasteiger partial charge is 0.465 e. The summed E-state index contributed by atoms with van der Waals surface area (Å²) in [4.78, 5) is 26.4. The van der Waals surface area contributed by atoms with Gasteiger partial charge in [0, 0.05) is 31.9 Å². The van der Waals surface area contributed by atoms with Gasteiger partial charge in [0.1, 0.15) is 0 Å². The van der Waals surface area contributed by atoms with Crippen LogP contribution in [0.25, 0.3) is 0 Å². The number of anilines is 1. The summed E-state index contributed by atoms with van der Waals surface area (Å²) in [6.07, 6.45) is -0.158. The van der Waals surface area contributed by atoms with Crippen LogP contribution in [0, 0.1) is 0 Å². The fourth-order valence-electron chi connectivity index (χ4n) is 2.44. The molecule has 1 N–H and O–H groups in total. The smallest absolute Gasteiger partial charge is 0.407 e. The Bertz CT molecular complexity index is 564. The molecule has 0 aliphatic carbocycles. The number of halogens is 1. The summed E-state index contributed by atoms with van der Waals surface area (Å²) >= 11 is 6.06. The summed E-state index contributed by atoms with van der Waals surface area (Å²) < 4.78 is 5.00. The highest BCUT2D eigenvalue weighted by molar-refractivity contribution is 6.33. The van der Waals surface area contributed by atoms with Crippen molar-refractivity contribution in [2.75, 3.05) is 37.7 Å². The van der Waals surface area contributed by atoms with E-state index < -0.39 is 12.1 Å². The fraction of sp³-hybridized carbons (Fsp3) is 0.467. The Morgan fingerprint density at radius 3 is 2.73 bits per heavy atom. The van der Waals surface area contributed by atoms with E-state index in [0.717, 1.165) is 18.7 Å². The fourth-order valence-corrected chi connectivity index (χ4v) is 2.64. The van der Waals surface area contributed by atoms with Crippen LogP contribution in [-0.4, -0.2) is 54.9 Å². The molecule has 0 aromatic heterocycles. The molecule has 1 heterocycles. The minimum atomic E-state index is -0.898. The molecule has 0 bridgehead atoms. The molecule has 1 aliphatic heterocycles. The highest BCUT2D eigenvalue weighted by Crippen LogP contribution is 2.25. The molecular weight excluding hydrogens is 308 g/mol. The Hall–Kier alpha value is -1.95. The van der Waals surface area contributed by atoms with Crippen LogP contribution in [0.5, 0.6) is 0 Å². The van der Waals surface area contributed by atoms with Crippen LogP contribution in [0.4, 0.5) is 10.5 Å². The second-order valence-electron chi connectivity index (χ2n) is 4.99. The van der Waals surface area contributed by atoms with Crippen LogP contribution in [0.2, 0.25) is 5.02 Å². The van der Waals surface area contributed by atoms with E-state index in [0.29, 0.717) is 30.2 Å². The molecule has 1 saturated heterocycles. The molecule has 0 saturated carbocycles. The molecule has 1 fully saturated rings. The van der Waals surface area contributed by atoms with Crippen molar-refractivity contribution >= 4 is 29.4 Å². The maximum absolute atomic E-state index is 11.9. The molecule has 0 radical (unpaired) electrons. The molecule has 0 atom stereocenters. The quantitative estimate of drug-likeness (QED) is 0.865. The summed E-state index contributed by atoms with van der Waals surface area (Å²) in [7, 11) is 0. The van der Waals surface area contributed by atoms with E-state index in [1.165, 1.54) is 4.90 Å². The number of esters is 1. The third-order valence-electron chi connectivity index (χ3n) is 3.58. The molecule has 1 aromatic rings. The number of carbonyl (C=O) groups is 2. The first-order valence-electron chi connectivity index (χ1n) is 7.22.